The predicted molar refractivity (Wildman–Crippen MR) is 86.3 cm³/mol. The molecule has 120 valence electrons. The van der Waals surface area contributed by atoms with Gasteiger partial charge in [0, 0.05) is 32.3 Å². The van der Waals surface area contributed by atoms with Crippen molar-refractivity contribution in [1.29, 1.82) is 0 Å². The molecule has 0 spiro atoms. The highest BCUT2D eigenvalue weighted by molar-refractivity contribution is 4.90. The smallest absolute Gasteiger partial charge is 0.0465 e. The Kier molecular flexibility index (Phi) is 8.69. The van der Waals surface area contributed by atoms with E-state index in [9.17, 15) is 0 Å². The molecule has 1 fully saturated rings. The molecule has 0 amide bonds. The van der Waals surface area contributed by atoms with E-state index < -0.39 is 0 Å². The molecule has 0 aromatic heterocycles. The van der Waals surface area contributed by atoms with Crippen LogP contribution in [0.15, 0.2) is 0 Å². The lowest BCUT2D eigenvalue weighted by molar-refractivity contribution is 0.122. The number of nitrogens with zero attached hydrogens (tertiary/aromatic N) is 2. The van der Waals surface area contributed by atoms with Crippen LogP contribution in [-0.2, 0) is 4.74 Å². The molecule has 20 heavy (non-hydrogen) atoms. The van der Waals surface area contributed by atoms with Crippen LogP contribution >= 0.6 is 0 Å². The standard InChI is InChI=1S/C16H35N3O/c1-6-9-17-16(14(2)8-12-20-5)15-13-18(3)10-7-11-19(15)4/h14-17H,6-13H2,1-5H3. The molecule has 1 heterocycles. The fourth-order valence-corrected chi connectivity index (χ4v) is 3.20. The number of nitrogens with one attached hydrogen (secondary N) is 1. The van der Waals surface area contributed by atoms with Crippen LogP contribution in [0.25, 0.3) is 0 Å². The molecule has 4 heteroatoms. The van der Waals surface area contributed by atoms with Gasteiger partial charge in [-0.15, -0.1) is 0 Å². The predicted octanol–water partition coefficient (Wildman–Crippen LogP) is 1.66. The second kappa shape index (κ2) is 9.72. The third-order valence-corrected chi connectivity index (χ3v) is 4.55. The maximum Gasteiger partial charge on any atom is 0.0465 e. The van der Waals surface area contributed by atoms with Crippen molar-refractivity contribution in [3.63, 3.8) is 0 Å². The Bertz CT molecular complexity index is 250. The molecule has 0 aromatic rings. The molecule has 1 saturated heterocycles. The SMILES string of the molecule is CCCNC(C(C)CCOC)C1CN(C)CCCN1C. The first-order valence-corrected chi connectivity index (χ1v) is 8.21. The molecule has 3 atom stereocenters. The van der Waals surface area contributed by atoms with Crippen LogP contribution in [0.1, 0.15) is 33.1 Å². The Morgan fingerprint density at radius 1 is 1.30 bits per heavy atom. The van der Waals surface area contributed by atoms with Crippen molar-refractivity contribution in [2.75, 3.05) is 54.0 Å². The van der Waals surface area contributed by atoms with Crippen molar-refractivity contribution in [2.45, 2.75) is 45.2 Å². The van der Waals surface area contributed by atoms with Gasteiger partial charge in [0.25, 0.3) is 0 Å². The van der Waals surface area contributed by atoms with Crippen LogP contribution < -0.4 is 5.32 Å². The van der Waals surface area contributed by atoms with E-state index in [4.69, 9.17) is 4.74 Å². The van der Waals surface area contributed by atoms with E-state index in [1.807, 2.05) is 0 Å². The number of rotatable bonds is 8. The van der Waals surface area contributed by atoms with Gasteiger partial charge in [-0.25, -0.2) is 0 Å². The van der Waals surface area contributed by atoms with Crippen molar-refractivity contribution in [3.8, 4) is 0 Å². The minimum Gasteiger partial charge on any atom is -0.385 e. The first kappa shape index (κ1) is 17.9. The lowest BCUT2D eigenvalue weighted by Crippen LogP contribution is -2.55. The average Bonchev–Trinajstić information content (AvgIpc) is 2.59. The monoisotopic (exact) mass is 285 g/mol. The van der Waals surface area contributed by atoms with Crippen molar-refractivity contribution < 1.29 is 4.74 Å². The van der Waals surface area contributed by atoms with Gasteiger partial charge >= 0.3 is 0 Å². The number of hydrogen-bond donors (Lipinski definition) is 1. The van der Waals surface area contributed by atoms with Crippen molar-refractivity contribution in [3.05, 3.63) is 0 Å². The Hall–Kier alpha value is -0.160. The molecular weight excluding hydrogens is 250 g/mol. The maximum absolute atomic E-state index is 5.28. The van der Waals surface area contributed by atoms with Gasteiger partial charge in [0.15, 0.2) is 0 Å². The van der Waals surface area contributed by atoms with Gasteiger partial charge in [0.05, 0.1) is 0 Å². The van der Waals surface area contributed by atoms with Crippen LogP contribution in [-0.4, -0.2) is 75.9 Å². The van der Waals surface area contributed by atoms with Crippen LogP contribution in [0, 0.1) is 5.92 Å². The highest BCUT2D eigenvalue weighted by Gasteiger charge is 2.31. The van der Waals surface area contributed by atoms with E-state index in [-0.39, 0.29) is 0 Å². The van der Waals surface area contributed by atoms with Crippen molar-refractivity contribution >= 4 is 0 Å². The normalized spacial score (nSPS) is 25.4. The van der Waals surface area contributed by atoms with Gasteiger partial charge < -0.3 is 19.9 Å². The van der Waals surface area contributed by atoms with E-state index >= 15 is 0 Å². The second-order valence-corrected chi connectivity index (χ2v) is 6.40. The molecule has 1 N–H and O–H groups in total. The Morgan fingerprint density at radius 3 is 2.70 bits per heavy atom. The molecule has 0 bridgehead atoms. The zero-order valence-electron chi connectivity index (χ0n) is 14.2. The van der Waals surface area contributed by atoms with E-state index in [2.05, 4.69) is 43.1 Å². The molecule has 3 unspecified atom stereocenters. The number of likely N-dealkylation sites (N-methyl/N-ethyl adjacent to an activating group) is 2. The van der Waals surface area contributed by atoms with Crippen molar-refractivity contribution in [2.24, 2.45) is 5.92 Å². The van der Waals surface area contributed by atoms with Crippen molar-refractivity contribution in [1.82, 2.24) is 15.1 Å². The molecule has 1 aliphatic rings. The second-order valence-electron chi connectivity index (χ2n) is 6.40. The first-order chi connectivity index (χ1) is 9.60. The lowest BCUT2D eigenvalue weighted by atomic mass is 9.91. The van der Waals surface area contributed by atoms with E-state index in [0.29, 0.717) is 18.0 Å². The minimum absolute atomic E-state index is 0.552. The molecule has 0 aromatic carbocycles. The van der Waals surface area contributed by atoms with Gasteiger partial charge in [-0.3, -0.25) is 0 Å². The first-order valence-electron chi connectivity index (χ1n) is 8.21. The summed E-state index contributed by atoms with van der Waals surface area (Å²) < 4.78 is 5.28. The summed E-state index contributed by atoms with van der Waals surface area (Å²) >= 11 is 0. The fraction of sp³-hybridized carbons (Fsp3) is 1.00. The van der Waals surface area contributed by atoms with Crippen LogP contribution in [0.2, 0.25) is 0 Å². The third-order valence-electron chi connectivity index (χ3n) is 4.55. The highest BCUT2D eigenvalue weighted by atomic mass is 16.5. The number of ether oxygens (including phenoxy) is 1. The van der Waals surface area contributed by atoms with E-state index in [1.165, 1.54) is 25.9 Å². The summed E-state index contributed by atoms with van der Waals surface area (Å²) in [6.07, 6.45) is 3.60. The third kappa shape index (κ3) is 5.68. The molecule has 0 saturated carbocycles. The van der Waals surface area contributed by atoms with Gasteiger partial charge in [-0.1, -0.05) is 13.8 Å². The van der Waals surface area contributed by atoms with Crippen LogP contribution in [0.3, 0.4) is 0 Å². The van der Waals surface area contributed by atoms with E-state index in [0.717, 1.165) is 26.1 Å². The average molecular weight is 285 g/mol. The van der Waals surface area contributed by atoms with Gasteiger partial charge in [0.1, 0.15) is 0 Å². The molecular formula is C16H35N3O. The van der Waals surface area contributed by atoms with Gasteiger partial charge in [-0.05, 0) is 58.9 Å². The topological polar surface area (TPSA) is 27.7 Å². The Balaban J connectivity index is 2.71. The zero-order chi connectivity index (χ0) is 15.0. The highest BCUT2D eigenvalue weighted by Crippen LogP contribution is 2.19. The molecule has 1 aliphatic heterocycles. The van der Waals surface area contributed by atoms with E-state index in [1.54, 1.807) is 7.11 Å². The summed E-state index contributed by atoms with van der Waals surface area (Å²) in [5.74, 6) is 0.639. The Labute approximate surface area is 125 Å². The van der Waals surface area contributed by atoms with Crippen LogP contribution in [0.5, 0.6) is 0 Å². The summed E-state index contributed by atoms with van der Waals surface area (Å²) in [6, 6.07) is 1.15. The molecule has 4 nitrogen and oxygen atoms in total. The number of methoxy groups -OCH3 is 1. The summed E-state index contributed by atoms with van der Waals surface area (Å²) in [4.78, 5) is 5.04. The zero-order valence-corrected chi connectivity index (χ0v) is 14.2. The summed E-state index contributed by atoms with van der Waals surface area (Å²) in [5, 5.41) is 3.80. The van der Waals surface area contributed by atoms with Crippen LogP contribution in [0.4, 0.5) is 0 Å². The van der Waals surface area contributed by atoms with Gasteiger partial charge in [-0.2, -0.15) is 0 Å². The molecule has 0 radical (unpaired) electrons. The summed E-state index contributed by atoms with van der Waals surface area (Å²) in [7, 11) is 6.34. The Morgan fingerprint density at radius 2 is 2.05 bits per heavy atom. The molecule has 0 aliphatic carbocycles. The minimum atomic E-state index is 0.552. The number of hydrogen-bond acceptors (Lipinski definition) is 4. The summed E-state index contributed by atoms with van der Waals surface area (Å²) in [6.45, 7) is 10.2. The molecule has 1 rings (SSSR count). The fourth-order valence-electron chi connectivity index (χ4n) is 3.20. The largest absolute Gasteiger partial charge is 0.385 e. The summed E-state index contributed by atoms with van der Waals surface area (Å²) in [5.41, 5.74) is 0. The lowest BCUT2D eigenvalue weighted by Gasteiger charge is -2.38. The maximum atomic E-state index is 5.28. The quantitative estimate of drug-likeness (QED) is 0.734. The van der Waals surface area contributed by atoms with Gasteiger partial charge in [0.2, 0.25) is 0 Å².